The lowest BCUT2D eigenvalue weighted by Crippen LogP contribution is -2.06. The van der Waals surface area contributed by atoms with E-state index in [1.165, 1.54) is 0 Å². The van der Waals surface area contributed by atoms with E-state index in [-0.39, 0.29) is 0 Å². The van der Waals surface area contributed by atoms with Crippen LogP contribution in [0.25, 0.3) is 0 Å². The van der Waals surface area contributed by atoms with Crippen LogP contribution in [0.5, 0.6) is 11.5 Å². The maximum Gasteiger partial charge on any atom is 0.146 e. The summed E-state index contributed by atoms with van der Waals surface area (Å²) in [4.78, 5) is 0. The Hall–Kier alpha value is -1.83. The molecule has 3 nitrogen and oxygen atoms in total. The quantitative estimate of drug-likeness (QED) is 0.932. The van der Waals surface area contributed by atoms with Gasteiger partial charge < -0.3 is 10.1 Å². The molecule has 0 bridgehead atoms. The molecule has 4 heteroatoms. The average molecular weight is 317 g/mol. The highest BCUT2D eigenvalue weighted by atomic mass is 79.9. The summed E-state index contributed by atoms with van der Waals surface area (Å²) in [5.41, 5.74) is 1.55. The molecule has 0 saturated carbocycles. The first-order valence-corrected chi connectivity index (χ1v) is 6.64. The van der Waals surface area contributed by atoms with E-state index >= 15 is 0 Å². The van der Waals surface area contributed by atoms with Crippen molar-refractivity contribution in [1.29, 1.82) is 5.26 Å². The number of halogens is 1. The number of hydrogen-bond acceptors (Lipinski definition) is 3. The van der Waals surface area contributed by atoms with Crippen LogP contribution in [-0.2, 0) is 6.54 Å². The lowest BCUT2D eigenvalue weighted by atomic mass is 10.2. The van der Waals surface area contributed by atoms with Crippen LogP contribution in [-0.4, -0.2) is 7.05 Å². The van der Waals surface area contributed by atoms with Gasteiger partial charge in [0.25, 0.3) is 0 Å². The maximum atomic E-state index is 9.18. The van der Waals surface area contributed by atoms with E-state index in [0.29, 0.717) is 17.9 Å². The van der Waals surface area contributed by atoms with Crippen molar-refractivity contribution in [3.8, 4) is 17.6 Å². The van der Waals surface area contributed by atoms with Crippen LogP contribution in [0.1, 0.15) is 11.1 Å². The molecule has 0 fully saturated rings. The van der Waals surface area contributed by atoms with Gasteiger partial charge in [0.05, 0.1) is 0 Å². The Balaban J connectivity index is 2.37. The predicted octanol–water partition coefficient (Wildman–Crippen LogP) is 3.83. The molecule has 2 rings (SSSR count). The van der Waals surface area contributed by atoms with Gasteiger partial charge in [-0.25, -0.2) is 0 Å². The van der Waals surface area contributed by atoms with E-state index in [9.17, 15) is 5.26 Å². The van der Waals surface area contributed by atoms with Gasteiger partial charge in [-0.2, -0.15) is 5.26 Å². The summed E-state index contributed by atoms with van der Waals surface area (Å²) in [7, 11) is 1.89. The van der Waals surface area contributed by atoms with Gasteiger partial charge in [-0.05, 0) is 41.2 Å². The zero-order valence-corrected chi connectivity index (χ0v) is 12.1. The van der Waals surface area contributed by atoms with Crippen molar-refractivity contribution >= 4 is 15.9 Å². The Morgan fingerprint density at radius 1 is 1.16 bits per heavy atom. The van der Waals surface area contributed by atoms with Gasteiger partial charge >= 0.3 is 0 Å². The fourth-order valence-corrected chi connectivity index (χ4v) is 2.19. The molecule has 0 aliphatic rings. The molecule has 0 heterocycles. The van der Waals surface area contributed by atoms with Crippen molar-refractivity contribution in [2.24, 2.45) is 0 Å². The highest BCUT2D eigenvalue weighted by Crippen LogP contribution is 2.31. The van der Waals surface area contributed by atoms with Crippen molar-refractivity contribution in [3.05, 3.63) is 58.1 Å². The van der Waals surface area contributed by atoms with Gasteiger partial charge in [0.15, 0.2) is 0 Å². The Kier molecular flexibility index (Phi) is 4.56. The van der Waals surface area contributed by atoms with Gasteiger partial charge in [0, 0.05) is 16.6 Å². The van der Waals surface area contributed by atoms with Crippen LogP contribution in [0.3, 0.4) is 0 Å². The van der Waals surface area contributed by atoms with Gasteiger partial charge in [-0.15, -0.1) is 0 Å². The number of rotatable bonds is 4. The summed E-state index contributed by atoms with van der Waals surface area (Å²) in [5.74, 6) is 1.31. The van der Waals surface area contributed by atoms with E-state index in [1.807, 2.05) is 43.4 Å². The molecule has 1 N–H and O–H groups in total. The zero-order chi connectivity index (χ0) is 13.7. The second-order valence-electron chi connectivity index (χ2n) is 3.96. The van der Waals surface area contributed by atoms with Crippen LogP contribution in [0.4, 0.5) is 0 Å². The SMILES string of the molecule is CNCc1ccccc1Oc1cccc(Br)c1C#N. The third kappa shape index (κ3) is 3.14. The van der Waals surface area contributed by atoms with Crippen molar-refractivity contribution in [3.63, 3.8) is 0 Å². The van der Waals surface area contributed by atoms with Gasteiger partial charge in [-0.1, -0.05) is 24.3 Å². The van der Waals surface area contributed by atoms with E-state index in [2.05, 4.69) is 27.3 Å². The molecule has 0 aliphatic heterocycles. The molecular formula is C15H13BrN2O. The normalized spacial score (nSPS) is 9.95. The highest BCUT2D eigenvalue weighted by Gasteiger charge is 2.10. The zero-order valence-electron chi connectivity index (χ0n) is 10.5. The second kappa shape index (κ2) is 6.37. The Morgan fingerprint density at radius 2 is 1.89 bits per heavy atom. The summed E-state index contributed by atoms with van der Waals surface area (Å²) in [6, 6.07) is 15.4. The molecule has 0 atom stereocenters. The smallest absolute Gasteiger partial charge is 0.146 e. The number of benzene rings is 2. The Bertz CT molecular complexity index is 620. The fourth-order valence-electron chi connectivity index (χ4n) is 1.76. The van der Waals surface area contributed by atoms with Crippen molar-refractivity contribution in [2.75, 3.05) is 7.05 Å². The molecule has 0 spiro atoms. The Labute approximate surface area is 121 Å². The minimum Gasteiger partial charge on any atom is -0.456 e. The van der Waals surface area contributed by atoms with E-state index in [4.69, 9.17) is 4.74 Å². The molecule has 0 amide bonds. The van der Waals surface area contributed by atoms with Crippen LogP contribution in [0.2, 0.25) is 0 Å². The first kappa shape index (κ1) is 13.6. The molecule has 19 heavy (non-hydrogen) atoms. The first-order chi connectivity index (χ1) is 9.26. The molecule has 2 aromatic carbocycles. The van der Waals surface area contributed by atoms with E-state index in [0.717, 1.165) is 15.8 Å². The lowest BCUT2D eigenvalue weighted by Gasteiger charge is -2.12. The maximum absolute atomic E-state index is 9.18. The summed E-state index contributed by atoms with van der Waals surface area (Å²) in [6.45, 7) is 0.714. The number of ether oxygens (including phenoxy) is 1. The lowest BCUT2D eigenvalue weighted by molar-refractivity contribution is 0.472. The van der Waals surface area contributed by atoms with Crippen LogP contribution < -0.4 is 10.1 Å². The largest absolute Gasteiger partial charge is 0.456 e. The molecule has 0 aromatic heterocycles. The van der Waals surface area contributed by atoms with E-state index < -0.39 is 0 Å². The third-order valence-electron chi connectivity index (χ3n) is 2.65. The third-order valence-corrected chi connectivity index (χ3v) is 3.31. The van der Waals surface area contributed by atoms with Crippen LogP contribution in [0, 0.1) is 11.3 Å². The molecule has 0 saturated heterocycles. The minimum absolute atomic E-state index is 0.502. The van der Waals surface area contributed by atoms with Gasteiger partial charge in [0.1, 0.15) is 23.1 Å². The topological polar surface area (TPSA) is 45.0 Å². The molecule has 0 unspecified atom stereocenters. The second-order valence-corrected chi connectivity index (χ2v) is 4.82. The van der Waals surface area contributed by atoms with Gasteiger partial charge in [0.2, 0.25) is 0 Å². The van der Waals surface area contributed by atoms with Crippen molar-refractivity contribution in [1.82, 2.24) is 5.32 Å². The standard InChI is InChI=1S/C15H13BrN2O/c1-18-10-11-5-2-3-7-14(11)19-15-8-4-6-13(16)12(15)9-17/h2-8,18H,10H2,1H3. The van der Waals surface area contributed by atoms with Crippen molar-refractivity contribution < 1.29 is 4.74 Å². The molecule has 0 radical (unpaired) electrons. The number of para-hydroxylation sites is 1. The van der Waals surface area contributed by atoms with Crippen molar-refractivity contribution in [2.45, 2.75) is 6.54 Å². The number of nitrogens with one attached hydrogen (secondary N) is 1. The summed E-state index contributed by atoms with van der Waals surface area (Å²) in [6.07, 6.45) is 0. The van der Waals surface area contributed by atoms with Crippen LogP contribution >= 0.6 is 15.9 Å². The van der Waals surface area contributed by atoms with Gasteiger partial charge in [-0.3, -0.25) is 0 Å². The summed E-state index contributed by atoms with van der Waals surface area (Å²) in [5, 5.41) is 12.3. The van der Waals surface area contributed by atoms with Crippen LogP contribution in [0.15, 0.2) is 46.9 Å². The monoisotopic (exact) mass is 316 g/mol. The van der Waals surface area contributed by atoms with E-state index in [1.54, 1.807) is 6.07 Å². The number of hydrogen-bond donors (Lipinski definition) is 1. The molecule has 2 aromatic rings. The molecule has 0 aliphatic carbocycles. The summed E-state index contributed by atoms with van der Waals surface area (Å²) >= 11 is 3.36. The Morgan fingerprint density at radius 3 is 2.63 bits per heavy atom. The highest BCUT2D eigenvalue weighted by molar-refractivity contribution is 9.10. The summed E-state index contributed by atoms with van der Waals surface area (Å²) < 4.78 is 6.61. The minimum atomic E-state index is 0.502. The fraction of sp³-hybridized carbons (Fsp3) is 0.133. The molecular weight excluding hydrogens is 304 g/mol. The average Bonchev–Trinajstić information content (AvgIpc) is 2.41. The predicted molar refractivity (Wildman–Crippen MR) is 78.1 cm³/mol. The molecule has 96 valence electrons. The first-order valence-electron chi connectivity index (χ1n) is 5.85. The number of nitriles is 1. The number of nitrogens with zero attached hydrogens (tertiary/aromatic N) is 1.